The zero-order valence-corrected chi connectivity index (χ0v) is 42.3. The molecule has 0 spiro atoms. The summed E-state index contributed by atoms with van der Waals surface area (Å²) in [4.78, 5) is 0. The van der Waals surface area contributed by atoms with Crippen LogP contribution in [0.25, 0.3) is 66.1 Å². The van der Waals surface area contributed by atoms with E-state index in [9.17, 15) is 0 Å². The van der Waals surface area contributed by atoms with Gasteiger partial charge in [0.25, 0.3) is 0 Å². The molecule has 0 N–H and O–H groups in total. The molecule has 0 saturated carbocycles. The van der Waals surface area contributed by atoms with Gasteiger partial charge in [-0.15, -0.1) is 69.1 Å². The maximum atomic E-state index is 5.98. The van der Waals surface area contributed by atoms with Gasteiger partial charge in [0.05, 0.1) is 0 Å². The number of halogens is 2. The Kier molecular flexibility index (Phi) is 16.4. The number of nitrogens with zero attached hydrogens (tertiary/aromatic N) is 1. The van der Waals surface area contributed by atoms with E-state index in [1.165, 1.54) is 88.3 Å². The molecule has 0 unspecified atom stereocenters. The number of benzene rings is 6. The van der Waals surface area contributed by atoms with Gasteiger partial charge in [-0.2, -0.15) is 0 Å². The fourth-order valence-corrected chi connectivity index (χ4v) is 15.7. The van der Waals surface area contributed by atoms with E-state index in [1.807, 2.05) is 0 Å². The molecule has 1 nitrogen and oxygen atoms in total. The number of hydrogen-bond acceptors (Lipinski definition) is 1. The van der Waals surface area contributed by atoms with Crippen LogP contribution in [0.5, 0.6) is 0 Å². The van der Waals surface area contributed by atoms with Gasteiger partial charge in [0.1, 0.15) is 16.5 Å². The van der Waals surface area contributed by atoms with Crippen LogP contribution < -0.4 is 0 Å². The molecule has 0 bridgehead atoms. The van der Waals surface area contributed by atoms with E-state index >= 15 is 0 Å². The van der Waals surface area contributed by atoms with Gasteiger partial charge >= 0.3 is 37.9 Å². The number of fused-ring (bicyclic) bond motifs is 2. The summed E-state index contributed by atoms with van der Waals surface area (Å²) in [5.41, 5.74) is 15.9. The molecule has 8 rings (SSSR count). The molecule has 8 aromatic rings. The standard InChI is InChI=1S/2C23H19.C6H18BNSi2.2ClH.Zr/c2*1-16-8-6-12-21(17(16)2)22-13-7-11-19-14-20(15-23(19)22)18-9-4-3-5-10-18;1-9(2,3)8(7)10(4,5)6;;;/h2*3-15H,1-2H3;1-6H3;2*1H;/q2*-1;;;;+4/p-2. The van der Waals surface area contributed by atoms with E-state index in [2.05, 4.69) is 229 Å². The van der Waals surface area contributed by atoms with E-state index in [1.54, 1.807) is 0 Å². The first-order valence-corrected chi connectivity index (χ1v) is 33.4. The molecule has 7 heteroatoms. The summed E-state index contributed by atoms with van der Waals surface area (Å²) in [6.07, 6.45) is 0. The van der Waals surface area contributed by atoms with Crippen LogP contribution in [0.4, 0.5) is 0 Å². The average molecular weight is 924 g/mol. The summed E-state index contributed by atoms with van der Waals surface area (Å²) in [5.74, 6) is 0. The van der Waals surface area contributed by atoms with Gasteiger partial charge < -0.3 is 4.14 Å². The minimum absolute atomic E-state index is 0.826. The number of aryl methyl sites for hydroxylation is 2. The zero-order chi connectivity index (χ0) is 42.9. The molecule has 0 aromatic heterocycles. The topological polar surface area (TPSA) is 3.24 Å². The Morgan fingerprint density at radius 2 is 0.780 bits per heavy atom. The predicted octanol–water partition coefficient (Wildman–Crippen LogP) is 16.4. The molecule has 0 aliphatic carbocycles. The van der Waals surface area contributed by atoms with Gasteiger partial charge in [0.2, 0.25) is 0 Å². The minimum atomic E-state index is -1.22. The fourth-order valence-electron chi connectivity index (χ4n) is 7.63. The first-order chi connectivity index (χ1) is 28.0. The molecule has 0 saturated heterocycles. The fraction of sp³-hybridized carbons (Fsp3) is 0.192. The van der Waals surface area contributed by atoms with E-state index < -0.39 is 37.3 Å². The van der Waals surface area contributed by atoms with Crippen molar-refractivity contribution in [2.24, 2.45) is 0 Å². The summed E-state index contributed by atoms with van der Waals surface area (Å²) in [5, 5.41) is 5.28. The summed E-state index contributed by atoms with van der Waals surface area (Å²) in [6.45, 7) is 22.5. The van der Waals surface area contributed by atoms with Crippen LogP contribution in [0.15, 0.2) is 158 Å². The van der Waals surface area contributed by atoms with Crippen LogP contribution in [0, 0.1) is 27.7 Å². The molecule has 0 atom stereocenters. The van der Waals surface area contributed by atoms with Crippen LogP contribution in [0.1, 0.15) is 22.3 Å². The Labute approximate surface area is 376 Å². The van der Waals surface area contributed by atoms with Gasteiger partial charge in [0, 0.05) is 0 Å². The summed E-state index contributed by atoms with van der Waals surface area (Å²) >= 11 is -0.826. The van der Waals surface area contributed by atoms with E-state index in [4.69, 9.17) is 25.0 Å². The quantitative estimate of drug-likeness (QED) is 0.119. The average Bonchev–Trinajstić information content (AvgIpc) is 3.86. The van der Waals surface area contributed by atoms with Crippen molar-refractivity contribution in [3.8, 4) is 44.5 Å². The van der Waals surface area contributed by atoms with E-state index in [0.29, 0.717) is 0 Å². The van der Waals surface area contributed by atoms with Crippen molar-refractivity contribution in [3.05, 3.63) is 180 Å². The second kappa shape index (κ2) is 20.8. The first-order valence-electron chi connectivity index (χ1n) is 20.2. The Balaban J connectivity index is 0.000000175. The number of hydrogen-bond donors (Lipinski definition) is 0. The zero-order valence-electron chi connectivity index (χ0n) is 36.3. The Bertz CT molecular complexity index is 2410. The van der Waals surface area contributed by atoms with Gasteiger partial charge in [-0.05, 0) is 61.1 Å². The SMILES string of the molecule is Cc1cccc(-c2cccc3[cH-]c(-c4ccccc4)cc23)c1C.Cc1cccc(-c2cccc3[cH-]c(-c4ccccc4)cc23)c1C.[B]N([Si](C)(C)C)[Si](C)(C)C.[Cl][Zr+2][Cl]. The molecule has 59 heavy (non-hydrogen) atoms. The normalized spacial score (nSPS) is 11.2. The molecule has 2 radical (unpaired) electrons. The molecule has 0 aliphatic heterocycles. The van der Waals surface area contributed by atoms with Crippen molar-refractivity contribution in [1.29, 1.82) is 0 Å². The van der Waals surface area contributed by atoms with Gasteiger partial charge in [-0.1, -0.05) is 183 Å². The first kappa shape index (κ1) is 46.5. The van der Waals surface area contributed by atoms with Crippen molar-refractivity contribution < 1.29 is 20.8 Å². The van der Waals surface area contributed by atoms with Crippen LogP contribution in [0.2, 0.25) is 39.3 Å². The molecule has 0 heterocycles. The third kappa shape index (κ3) is 11.9. The second-order valence-corrected chi connectivity index (χ2v) is 30.9. The van der Waals surface area contributed by atoms with Crippen molar-refractivity contribution in [2.45, 2.75) is 67.0 Å². The van der Waals surface area contributed by atoms with E-state index in [0.717, 1.165) is 0 Å². The molecule has 0 aliphatic rings. The summed E-state index contributed by atoms with van der Waals surface area (Å²) < 4.78 is 2.15. The van der Waals surface area contributed by atoms with Crippen LogP contribution in [-0.2, 0) is 20.8 Å². The van der Waals surface area contributed by atoms with Gasteiger partial charge in [-0.3, -0.25) is 0 Å². The van der Waals surface area contributed by atoms with Crippen LogP contribution in [0.3, 0.4) is 0 Å². The summed E-state index contributed by atoms with van der Waals surface area (Å²) in [6, 6.07) is 56.7. The van der Waals surface area contributed by atoms with Crippen LogP contribution >= 0.6 is 17.0 Å². The van der Waals surface area contributed by atoms with E-state index in [-0.39, 0.29) is 0 Å². The van der Waals surface area contributed by atoms with Crippen molar-refractivity contribution >= 4 is 63.0 Å². The second-order valence-electron chi connectivity index (χ2n) is 17.1. The number of rotatable bonds is 6. The third-order valence-electron chi connectivity index (χ3n) is 11.0. The summed E-state index contributed by atoms with van der Waals surface area (Å²) in [7, 11) is 13.4. The Morgan fingerprint density at radius 1 is 0.458 bits per heavy atom. The predicted molar refractivity (Wildman–Crippen MR) is 266 cm³/mol. The Hall–Kier alpha value is -3.54. The van der Waals surface area contributed by atoms with Gasteiger partial charge in [-0.25, -0.2) is 0 Å². The van der Waals surface area contributed by atoms with Crippen molar-refractivity contribution in [1.82, 2.24) is 4.14 Å². The third-order valence-corrected chi connectivity index (χ3v) is 17.9. The van der Waals surface area contributed by atoms with Crippen LogP contribution in [-0.4, -0.2) is 28.6 Å². The monoisotopic (exact) mass is 921 g/mol. The van der Waals surface area contributed by atoms with Crippen molar-refractivity contribution in [3.63, 3.8) is 0 Å². The molecule has 0 amide bonds. The van der Waals surface area contributed by atoms with Gasteiger partial charge in [0.15, 0.2) is 7.98 Å². The molecular formula is C52H56BCl2NSi2Zr. The molecule has 298 valence electrons. The molecular weight excluding hydrogens is 868 g/mol. The van der Waals surface area contributed by atoms with Crippen molar-refractivity contribution in [2.75, 3.05) is 0 Å². The molecule has 8 aromatic carbocycles. The molecule has 0 fully saturated rings. The maximum absolute atomic E-state index is 5.98. The Morgan fingerprint density at radius 3 is 1.10 bits per heavy atom.